The van der Waals surface area contributed by atoms with Crippen LogP contribution in [0.3, 0.4) is 0 Å². The Labute approximate surface area is 120 Å². The molecule has 3 N–H and O–H groups in total. The monoisotopic (exact) mass is 279 g/mol. The molecule has 0 heterocycles. The third-order valence-corrected chi connectivity index (χ3v) is 3.27. The standard InChI is InChI=1S/C14H21N3OS/c1-4-16-14(18)10(2)17(3)9-11-6-5-7-12(8-11)13(15)19/h5-8,10H,4,9H2,1-3H3,(H2,15,19)(H,16,18). The number of carbonyl (C=O) groups is 1. The molecule has 1 rings (SSSR count). The van der Waals surface area contributed by atoms with Gasteiger partial charge in [-0.05, 0) is 32.5 Å². The first-order chi connectivity index (χ1) is 8.95. The summed E-state index contributed by atoms with van der Waals surface area (Å²) in [6, 6.07) is 7.60. The number of nitrogens with one attached hydrogen (secondary N) is 1. The van der Waals surface area contributed by atoms with Crippen molar-refractivity contribution in [3.63, 3.8) is 0 Å². The van der Waals surface area contributed by atoms with Gasteiger partial charge < -0.3 is 11.1 Å². The fourth-order valence-corrected chi connectivity index (χ4v) is 1.90. The summed E-state index contributed by atoms with van der Waals surface area (Å²) in [5, 5.41) is 2.82. The second-order valence-corrected chi connectivity index (χ2v) is 4.99. The van der Waals surface area contributed by atoms with Gasteiger partial charge in [-0.3, -0.25) is 9.69 Å². The first-order valence-corrected chi connectivity index (χ1v) is 6.73. The topological polar surface area (TPSA) is 58.4 Å². The third kappa shape index (κ3) is 4.61. The molecule has 0 aromatic heterocycles. The van der Waals surface area contributed by atoms with Crippen molar-refractivity contribution in [2.75, 3.05) is 13.6 Å². The van der Waals surface area contributed by atoms with Gasteiger partial charge in [0.1, 0.15) is 4.99 Å². The van der Waals surface area contributed by atoms with E-state index in [4.69, 9.17) is 18.0 Å². The number of rotatable bonds is 6. The zero-order valence-corrected chi connectivity index (χ0v) is 12.5. The molecule has 104 valence electrons. The van der Waals surface area contributed by atoms with Gasteiger partial charge >= 0.3 is 0 Å². The lowest BCUT2D eigenvalue weighted by Gasteiger charge is -2.23. The molecule has 4 nitrogen and oxygen atoms in total. The molecular weight excluding hydrogens is 258 g/mol. The lowest BCUT2D eigenvalue weighted by Crippen LogP contribution is -2.42. The Bertz CT molecular complexity index is 462. The molecule has 0 aliphatic rings. The number of likely N-dealkylation sites (N-methyl/N-ethyl adjacent to an activating group) is 2. The number of hydrogen-bond donors (Lipinski definition) is 2. The van der Waals surface area contributed by atoms with Crippen molar-refractivity contribution < 1.29 is 4.79 Å². The van der Waals surface area contributed by atoms with Crippen LogP contribution in [0.5, 0.6) is 0 Å². The molecule has 0 saturated heterocycles. The van der Waals surface area contributed by atoms with Gasteiger partial charge in [0.2, 0.25) is 5.91 Å². The van der Waals surface area contributed by atoms with E-state index in [1.165, 1.54) is 0 Å². The quantitative estimate of drug-likeness (QED) is 0.770. The summed E-state index contributed by atoms with van der Waals surface area (Å²) in [5.41, 5.74) is 7.56. The van der Waals surface area contributed by atoms with Crippen LogP contribution in [-0.4, -0.2) is 35.4 Å². The summed E-state index contributed by atoms with van der Waals surface area (Å²) in [4.78, 5) is 14.1. The van der Waals surface area contributed by atoms with Crippen LogP contribution in [0.4, 0.5) is 0 Å². The average molecular weight is 279 g/mol. The van der Waals surface area contributed by atoms with Gasteiger partial charge in [-0.15, -0.1) is 0 Å². The van der Waals surface area contributed by atoms with Crippen LogP contribution in [-0.2, 0) is 11.3 Å². The molecule has 0 bridgehead atoms. The normalized spacial score (nSPS) is 12.2. The molecule has 0 spiro atoms. The van der Waals surface area contributed by atoms with E-state index in [0.717, 1.165) is 11.1 Å². The van der Waals surface area contributed by atoms with Crippen LogP contribution in [0.25, 0.3) is 0 Å². The second-order valence-electron chi connectivity index (χ2n) is 4.55. The predicted molar refractivity (Wildman–Crippen MR) is 81.9 cm³/mol. The van der Waals surface area contributed by atoms with Crippen molar-refractivity contribution in [3.8, 4) is 0 Å². The van der Waals surface area contributed by atoms with Gasteiger partial charge in [-0.1, -0.05) is 30.4 Å². The molecule has 1 aromatic carbocycles. The highest BCUT2D eigenvalue weighted by Crippen LogP contribution is 2.09. The lowest BCUT2D eigenvalue weighted by molar-refractivity contribution is -0.125. The van der Waals surface area contributed by atoms with Crippen LogP contribution >= 0.6 is 12.2 Å². The summed E-state index contributed by atoms with van der Waals surface area (Å²) < 4.78 is 0. The zero-order chi connectivity index (χ0) is 14.4. The van der Waals surface area contributed by atoms with E-state index in [1.807, 2.05) is 50.1 Å². The van der Waals surface area contributed by atoms with E-state index in [1.54, 1.807) is 0 Å². The molecule has 1 amide bonds. The van der Waals surface area contributed by atoms with Gasteiger partial charge in [-0.25, -0.2) is 0 Å². The Morgan fingerprint density at radius 2 is 2.21 bits per heavy atom. The van der Waals surface area contributed by atoms with Gasteiger partial charge in [0.15, 0.2) is 0 Å². The Morgan fingerprint density at radius 1 is 1.53 bits per heavy atom. The van der Waals surface area contributed by atoms with Gasteiger partial charge in [0.25, 0.3) is 0 Å². The number of amides is 1. The molecule has 1 atom stereocenters. The molecule has 1 aromatic rings. The molecule has 0 aliphatic carbocycles. The number of carbonyl (C=O) groups excluding carboxylic acids is 1. The molecule has 0 saturated carbocycles. The maximum atomic E-state index is 11.8. The summed E-state index contributed by atoms with van der Waals surface area (Å²) in [6.07, 6.45) is 0. The highest BCUT2D eigenvalue weighted by molar-refractivity contribution is 7.80. The van der Waals surface area contributed by atoms with Gasteiger partial charge in [-0.2, -0.15) is 0 Å². The highest BCUT2D eigenvalue weighted by atomic mass is 32.1. The van der Waals surface area contributed by atoms with Crippen molar-refractivity contribution >= 4 is 23.1 Å². The fraction of sp³-hybridized carbons (Fsp3) is 0.429. The Kier molecular flexibility index (Phi) is 5.92. The van der Waals surface area contributed by atoms with Crippen molar-refractivity contribution in [3.05, 3.63) is 35.4 Å². The smallest absolute Gasteiger partial charge is 0.237 e. The first kappa shape index (κ1) is 15.6. The van der Waals surface area contributed by atoms with E-state index in [-0.39, 0.29) is 11.9 Å². The molecule has 0 aliphatic heterocycles. The average Bonchev–Trinajstić information content (AvgIpc) is 2.38. The molecular formula is C14H21N3OS. The number of thiocarbonyl (C=S) groups is 1. The Morgan fingerprint density at radius 3 is 2.79 bits per heavy atom. The third-order valence-electron chi connectivity index (χ3n) is 3.04. The summed E-state index contributed by atoms with van der Waals surface area (Å²) >= 11 is 4.96. The van der Waals surface area contributed by atoms with E-state index >= 15 is 0 Å². The van der Waals surface area contributed by atoms with Crippen LogP contribution in [0.15, 0.2) is 24.3 Å². The maximum Gasteiger partial charge on any atom is 0.237 e. The minimum atomic E-state index is -0.173. The number of hydrogen-bond acceptors (Lipinski definition) is 3. The minimum absolute atomic E-state index is 0.0375. The van der Waals surface area contributed by atoms with Crippen LogP contribution in [0, 0.1) is 0 Å². The van der Waals surface area contributed by atoms with Crippen LogP contribution in [0.1, 0.15) is 25.0 Å². The molecule has 19 heavy (non-hydrogen) atoms. The van der Waals surface area contributed by atoms with E-state index in [2.05, 4.69) is 5.32 Å². The van der Waals surface area contributed by atoms with Gasteiger partial charge in [0.05, 0.1) is 6.04 Å². The van der Waals surface area contributed by atoms with Gasteiger partial charge in [0, 0.05) is 18.7 Å². The van der Waals surface area contributed by atoms with Crippen LogP contribution < -0.4 is 11.1 Å². The first-order valence-electron chi connectivity index (χ1n) is 6.32. The molecule has 0 fully saturated rings. The SMILES string of the molecule is CCNC(=O)C(C)N(C)Cc1cccc(C(N)=S)c1. The molecule has 5 heteroatoms. The summed E-state index contributed by atoms with van der Waals surface area (Å²) in [5.74, 6) is 0.0375. The van der Waals surface area contributed by atoms with E-state index < -0.39 is 0 Å². The second kappa shape index (κ2) is 7.21. The largest absolute Gasteiger partial charge is 0.389 e. The van der Waals surface area contributed by atoms with Crippen molar-refractivity contribution in [1.29, 1.82) is 0 Å². The summed E-state index contributed by atoms with van der Waals surface area (Å²) in [7, 11) is 1.92. The summed E-state index contributed by atoms with van der Waals surface area (Å²) in [6.45, 7) is 5.13. The molecule has 1 unspecified atom stereocenters. The van der Waals surface area contributed by atoms with Crippen LogP contribution in [0.2, 0.25) is 0 Å². The number of nitrogens with two attached hydrogens (primary N) is 1. The van der Waals surface area contributed by atoms with E-state index in [0.29, 0.717) is 18.1 Å². The van der Waals surface area contributed by atoms with Crippen molar-refractivity contribution in [2.24, 2.45) is 5.73 Å². The fourth-order valence-electron chi connectivity index (χ4n) is 1.77. The number of benzene rings is 1. The van der Waals surface area contributed by atoms with Crippen molar-refractivity contribution in [2.45, 2.75) is 26.4 Å². The highest BCUT2D eigenvalue weighted by Gasteiger charge is 2.17. The Balaban J connectivity index is 2.71. The maximum absolute atomic E-state index is 11.8. The lowest BCUT2D eigenvalue weighted by atomic mass is 10.1. The Hall–Kier alpha value is -1.46. The van der Waals surface area contributed by atoms with Crippen molar-refractivity contribution in [1.82, 2.24) is 10.2 Å². The minimum Gasteiger partial charge on any atom is -0.389 e. The predicted octanol–water partition coefficient (Wildman–Crippen LogP) is 1.28. The van der Waals surface area contributed by atoms with E-state index in [9.17, 15) is 4.79 Å². The molecule has 0 radical (unpaired) electrons. The number of nitrogens with zero attached hydrogens (tertiary/aromatic N) is 1. The zero-order valence-electron chi connectivity index (χ0n) is 11.6.